The van der Waals surface area contributed by atoms with Crippen LogP contribution in [-0.4, -0.2) is 24.5 Å². The molecule has 5 rings (SSSR count). The van der Waals surface area contributed by atoms with Gasteiger partial charge in [0, 0.05) is 11.1 Å². The van der Waals surface area contributed by atoms with E-state index in [2.05, 4.69) is 16.7 Å². The molecule has 28 heavy (non-hydrogen) atoms. The van der Waals surface area contributed by atoms with Gasteiger partial charge in [0.1, 0.15) is 11.8 Å². The van der Waals surface area contributed by atoms with Gasteiger partial charge in [-0.15, -0.1) is 0 Å². The molecule has 3 aromatic rings. The molecule has 2 N–H and O–H groups in total. The Labute approximate surface area is 163 Å². The summed E-state index contributed by atoms with van der Waals surface area (Å²) in [6.45, 7) is 0.604. The molecule has 1 aromatic heterocycles. The fourth-order valence-electron chi connectivity index (χ4n) is 3.83. The predicted molar refractivity (Wildman–Crippen MR) is 108 cm³/mol. The summed E-state index contributed by atoms with van der Waals surface area (Å²) >= 11 is 0. The zero-order chi connectivity index (χ0) is 18.9. The second-order valence-corrected chi connectivity index (χ2v) is 6.99. The Morgan fingerprint density at radius 3 is 2.57 bits per heavy atom. The molecule has 140 valence electrons. The molecule has 3 heterocycles. The van der Waals surface area contributed by atoms with Crippen LogP contribution in [0.1, 0.15) is 27.7 Å². The van der Waals surface area contributed by atoms with Crippen LogP contribution in [0.4, 0.5) is 11.4 Å². The van der Waals surface area contributed by atoms with E-state index < -0.39 is 0 Å². The van der Waals surface area contributed by atoms with E-state index in [-0.39, 0.29) is 24.0 Å². The van der Waals surface area contributed by atoms with Crippen LogP contribution in [0, 0.1) is 0 Å². The maximum absolute atomic E-state index is 12.8. The molecule has 0 saturated heterocycles. The van der Waals surface area contributed by atoms with Gasteiger partial charge >= 0.3 is 0 Å². The van der Waals surface area contributed by atoms with Crippen molar-refractivity contribution in [3.63, 3.8) is 0 Å². The van der Waals surface area contributed by atoms with E-state index >= 15 is 0 Å². The molecule has 3 unspecified atom stereocenters. The fraction of sp³-hybridized carbons (Fsp3) is 0.174. The summed E-state index contributed by atoms with van der Waals surface area (Å²) in [6.07, 6.45) is 5.69. The van der Waals surface area contributed by atoms with Crippen molar-refractivity contribution < 1.29 is 13.9 Å². The molecule has 3 atom stereocenters. The van der Waals surface area contributed by atoms with Gasteiger partial charge in [-0.1, -0.05) is 42.5 Å². The lowest BCUT2D eigenvalue weighted by molar-refractivity contribution is 0.103. The maximum atomic E-state index is 12.8. The number of hydrogen-bond acceptors (Lipinski definition) is 5. The van der Waals surface area contributed by atoms with Crippen LogP contribution in [-0.2, 0) is 4.74 Å². The highest BCUT2D eigenvalue weighted by Crippen LogP contribution is 2.38. The van der Waals surface area contributed by atoms with Crippen molar-refractivity contribution in [3.8, 4) is 0 Å². The summed E-state index contributed by atoms with van der Waals surface area (Å²) in [6, 6.07) is 18.7. The van der Waals surface area contributed by atoms with E-state index in [4.69, 9.17) is 9.15 Å². The van der Waals surface area contributed by atoms with Crippen LogP contribution in [0.15, 0.2) is 83.5 Å². The molecule has 5 nitrogen and oxygen atoms in total. The number of ketones is 1. The van der Waals surface area contributed by atoms with Gasteiger partial charge in [-0.3, -0.25) is 4.79 Å². The number of furan rings is 1. The number of benzene rings is 2. The van der Waals surface area contributed by atoms with Crippen molar-refractivity contribution >= 4 is 17.2 Å². The summed E-state index contributed by atoms with van der Waals surface area (Å²) in [5.74, 6) is 0.850. The lowest BCUT2D eigenvalue weighted by Crippen LogP contribution is -2.44. The van der Waals surface area contributed by atoms with E-state index in [1.165, 1.54) is 0 Å². The number of hydrogen-bond donors (Lipinski definition) is 2. The zero-order valence-corrected chi connectivity index (χ0v) is 15.2. The molecule has 0 amide bonds. The van der Waals surface area contributed by atoms with E-state index in [9.17, 15) is 4.79 Å². The van der Waals surface area contributed by atoms with Gasteiger partial charge in [-0.2, -0.15) is 0 Å². The second kappa shape index (κ2) is 7.02. The summed E-state index contributed by atoms with van der Waals surface area (Å²) in [5, 5.41) is 7.12. The molecule has 5 heteroatoms. The average molecular weight is 372 g/mol. The number of fused-ring (bicyclic) bond motifs is 1. The highest BCUT2D eigenvalue weighted by molar-refractivity contribution is 6.09. The highest BCUT2D eigenvalue weighted by atomic mass is 16.5. The van der Waals surface area contributed by atoms with Crippen LogP contribution in [0.3, 0.4) is 0 Å². The molecule has 2 aromatic carbocycles. The predicted octanol–water partition coefficient (Wildman–Crippen LogP) is 4.41. The normalized spacial score (nSPS) is 22.9. The molecule has 0 spiro atoms. The standard InChI is InChI=1S/C23H20N2O3/c26-23(15-6-2-1-3-7-15)16-10-11-17-18(14-16)25-22(20-9-5-13-28-20)21(24-17)19-8-4-12-27-19/h1-12,14,20-22,24-25H,13H2. The minimum atomic E-state index is -0.0794. The smallest absolute Gasteiger partial charge is 0.193 e. The Morgan fingerprint density at radius 2 is 1.82 bits per heavy atom. The van der Waals surface area contributed by atoms with Crippen LogP contribution in [0.25, 0.3) is 0 Å². The SMILES string of the molecule is O=C(c1ccccc1)c1ccc2c(c1)NC(C1C=CCO1)C(c1ccco1)N2. The second-order valence-electron chi connectivity index (χ2n) is 6.99. The number of nitrogens with one attached hydrogen (secondary N) is 2. The molecule has 2 aliphatic heterocycles. The minimum Gasteiger partial charge on any atom is -0.467 e. The molecule has 0 saturated carbocycles. The Hall–Kier alpha value is -3.31. The van der Waals surface area contributed by atoms with Gasteiger partial charge in [0.05, 0.1) is 36.4 Å². The maximum Gasteiger partial charge on any atom is 0.193 e. The van der Waals surface area contributed by atoms with Crippen molar-refractivity contribution in [3.05, 3.63) is 96.0 Å². The Kier molecular flexibility index (Phi) is 4.22. The summed E-state index contributed by atoms with van der Waals surface area (Å²) in [7, 11) is 0. The van der Waals surface area contributed by atoms with Crippen LogP contribution < -0.4 is 10.6 Å². The third-order valence-corrected chi connectivity index (χ3v) is 5.22. The third kappa shape index (κ3) is 3.00. The summed E-state index contributed by atoms with van der Waals surface area (Å²) in [5.41, 5.74) is 3.15. The van der Waals surface area contributed by atoms with E-state index in [1.807, 2.05) is 66.7 Å². The van der Waals surface area contributed by atoms with Gasteiger partial charge in [-0.25, -0.2) is 0 Å². The molecule has 0 radical (unpaired) electrons. The van der Waals surface area contributed by atoms with Crippen molar-refractivity contribution in [1.29, 1.82) is 0 Å². The lowest BCUT2D eigenvalue weighted by Gasteiger charge is -2.37. The topological polar surface area (TPSA) is 63.5 Å². The van der Waals surface area contributed by atoms with Gasteiger partial charge in [0.25, 0.3) is 0 Å². The van der Waals surface area contributed by atoms with Crippen molar-refractivity contribution in [2.75, 3.05) is 17.2 Å². The van der Waals surface area contributed by atoms with Gasteiger partial charge in [0.15, 0.2) is 5.78 Å². The fourth-order valence-corrected chi connectivity index (χ4v) is 3.83. The number of anilines is 2. The highest BCUT2D eigenvalue weighted by Gasteiger charge is 2.37. The monoisotopic (exact) mass is 372 g/mol. The number of carbonyl (C=O) groups is 1. The van der Waals surface area contributed by atoms with Crippen LogP contribution in [0.5, 0.6) is 0 Å². The first kappa shape index (κ1) is 16.8. The molecular formula is C23H20N2O3. The molecule has 0 aliphatic carbocycles. The van der Waals surface area contributed by atoms with Crippen molar-refractivity contribution in [2.24, 2.45) is 0 Å². The Bertz CT molecular complexity index is 1010. The number of carbonyl (C=O) groups excluding carboxylic acids is 1. The molecule has 2 aliphatic rings. The quantitative estimate of drug-likeness (QED) is 0.525. The van der Waals surface area contributed by atoms with Gasteiger partial charge in [-0.05, 0) is 30.3 Å². The summed E-state index contributed by atoms with van der Waals surface area (Å²) < 4.78 is 11.5. The van der Waals surface area contributed by atoms with E-state index in [0.717, 1.165) is 17.1 Å². The van der Waals surface area contributed by atoms with Crippen LogP contribution >= 0.6 is 0 Å². The minimum absolute atomic E-state index is 0.00641. The van der Waals surface area contributed by atoms with Crippen LogP contribution in [0.2, 0.25) is 0 Å². The van der Waals surface area contributed by atoms with E-state index in [1.54, 1.807) is 6.26 Å². The van der Waals surface area contributed by atoms with Crippen molar-refractivity contribution in [1.82, 2.24) is 0 Å². The van der Waals surface area contributed by atoms with E-state index in [0.29, 0.717) is 17.7 Å². The average Bonchev–Trinajstić information content (AvgIpc) is 3.46. The first-order chi connectivity index (χ1) is 13.8. The third-order valence-electron chi connectivity index (χ3n) is 5.22. The molecule has 0 fully saturated rings. The number of ether oxygens (including phenoxy) is 1. The lowest BCUT2D eigenvalue weighted by atomic mass is 9.94. The first-order valence-corrected chi connectivity index (χ1v) is 9.38. The van der Waals surface area contributed by atoms with Gasteiger partial charge in [0.2, 0.25) is 0 Å². The first-order valence-electron chi connectivity index (χ1n) is 9.38. The molecule has 0 bridgehead atoms. The summed E-state index contributed by atoms with van der Waals surface area (Å²) in [4.78, 5) is 12.8. The number of rotatable bonds is 4. The largest absolute Gasteiger partial charge is 0.467 e. The zero-order valence-electron chi connectivity index (χ0n) is 15.2. The Morgan fingerprint density at radius 1 is 0.929 bits per heavy atom. The molecular weight excluding hydrogens is 352 g/mol. The van der Waals surface area contributed by atoms with Gasteiger partial charge < -0.3 is 19.8 Å². The van der Waals surface area contributed by atoms with Crippen molar-refractivity contribution in [2.45, 2.75) is 18.2 Å². The Balaban J connectivity index is 1.49.